The predicted molar refractivity (Wildman–Crippen MR) is 72.8 cm³/mol. The molecule has 8 heteroatoms. The molecule has 0 amide bonds. The van der Waals surface area contributed by atoms with Crippen LogP contribution >= 0.6 is 0 Å². The van der Waals surface area contributed by atoms with Crippen LogP contribution in [0.5, 0.6) is 6.01 Å². The molecule has 4 N–H and O–H groups in total. The Morgan fingerprint density at radius 1 is 1.20 bits per heavy atom. The van der Waals surface area contributed by atoms with E-state index in [2.05, 4.69) is 25.7 Å². The van der Waals surface area contributed by atoms with Crippen LogP contribution in [0, 0.1) is 5.82 Å². The molecule has 0 aliphatic carbocycles. The number of nitrogens with zero attached hydrogens (tertiary/aromatic N) is 3. The van der Waals surface area contributed by atoms with E-state index in [4.69, 9.17) is 10.6 Å². The van der Waals surface area contributed by atoms with Gasteiger partial charge in [0.2, 0.25) is 11.9 Å². The van der Waals surface area contributed by atoms with E-state index >= 15 is 0 Å². The summed E-state index contributed by atoms with van der Waals surface area (Å²) in [7, 11) is 1.44. The Kier molecular flexibility index (Phi) is 4.61. The molecule has 0 atom stereocenters. The average molecular weight is 278 g/mol. The highest BCUT2D eigenvalue weighted by Gasteiger charge is 2.06. The molecule has 0 fully saturated rings. The summed E-state index contributed by atoms with van der Waals surface area (Å²) in [6, 6.07) is 6.75. The van der Waals surface area contributed by atoms with E-state index in [-0.39, 0.29) is 17.8 Å². The molecule has 1 aromatic carbocycles. The molecule has 0 aliphatic heterocycles. The number of nitrogens with two attached hydrogens (primary N) is 1. The van der Waals surface area contributed by atoms with Crippen LogP contribution < -0.4 is 21.3 Å². The lowest BCUT2D eigenvalue weighted by Crippen LogP contribution is -2.15. The molecule has 20 heavy (non-hydrogen) atoms. The quantitative estimate of drug-likeness (QED) is 0.534. The summed E-state index contributed by atoms with van der Waals surface area (Å²) < 4.78 is 18.4. The van der Waals surface area contributed by atoms with Crippen LogP contribution in [-0.4, -0.2) is 28.6 Å². The molecular formula is C12H15FN6O. The highest BCUT2D eigenvalue weighted by molar-refractivity contribution is 5.35. The fraction of sp³-hybridized carbons (Fsp3) is 0.250. The van der Waals surface area contributed by atoms with E-state index in [1.54, 1.807) is 18.2 Å². The van der Waals surface area contributed by atoms with Gasteiger partial charge in [-0.15, -0.1) is 0 Å². The molecule has 0 bridgehead atoms. The van der Waals surface area contributed by atoms with Crippen LogP contribution in [0.15, 0.2) is 24.3 Å². The summed E-state index contributed by atoms with van der Waals surface area (Å²) in [5.41, 5.74) is 2.94. The van der Waals surface area contributed by atoms with Gasteiger partial charge in [-0.2, -0.15) is 15.0 Å². The Morgan fingerprint density at radius 2 is 1.95 bits per heavy atom. The van der Waals surface area contributed by atoms with E-state index in [0.717, 1.165) is 0 Å². The Morgan fingerprint density at radius 3 is 2.65 bits per heavy atom. The van der Waals surface area contributed by atoms with Crippen LogP contribution in [0.25, 0.3) is 0 Å². The van der Waals surface area contributed by atoms with Crippen LogP contribution in [-0.2, 0) is 6.42 Å². The molecule has 1 heterocycles. The first-order valence-electron chi connectivity index (χ1n) is 5.97. The minimum Gasteiger partial charge on any atom is -0.467 e. The zero-order valence-corrected chi connectivity index (χ0v) is 10.9. The summed E-state index contributed by atoms with van der Waals surface area (Å²) in [5, 5.41) is 2.97. The van der Waals surface area contributed by atoms with Crippen molar-refractivity contribution in [2.75, 3.05) is 24.4 Å². The van der Waals surface area contributed by atoms with Crippen LogP contribution in [0.1, 0.15) is 5.56 Å². The van der Waals surface area contributed by atoms with Gasteiger partial charge in [-0.25, -0.2) is 10.2 Å². The second-order valence-electron chi connectivity index (χ2n) is 3.88. The number of hydrogen-bond donors (Lipinski definition) is 3. The molecule has 0 spiro atoms. The number of nitrogens with one attached hydrogen (secondary N) is 2. The SMILES string of the molecule is COc1nc(NN)nc(NCCc2ccccc2F)n1. The molecule has 0 radical (unpaired) electrons. The Bertz CT molecular complexity index is 557. The standard InChI is InChI=1S/C12H15FN6O/c1-20-12-17-10(16-11(18-12)19-14)15-7-6-8-4-2-3-5-9(8)13/h2-5H,6-7,14H2,1H3,(H2,15,16,17,18,19). The molecule has 0 saturated heterocycles. The van der Waals surface area contributed by atoms with Gasteiger partial charge in [-0.05, 0) is 18.1 Å². The first-order valence-corrected chi connectivity index (χ1v) is 5.97. The second-order valence-corrected chi connectivity index (χ2v) is 3.88. The molecule has 7 nitrogen and oxygen atoms in total. The summed E-state index contributed by atoms with van der Waals surface area (Å²) in [6.45, 7) is 0.470. The number of nitrogen functional groups attached to an aromatic ring is 1. The first kappa shape index (κ1) is 13.9. The Labute approximate surface area is 115 Å². The predicted octanol–water partition coefficient (Wildman–Crippen LogP) is 0.959. The van der Waals surface area contributed by atoms with Gasteiger partial charge in [0, 0.05) is 6.54 Å². The summed E-state index contributed by atoms with van der Waals surface area (Å²) in [4.78, 5) is 11.9. The van der Waals surface area contributed by atoms with Gasteiger partial charge >= 0.3 is 6.01 Å². The molecule has 1 aromatic heterocycles. The van der Waals surface area contributed by atoms with Crippen LogP contribution in [0.3, 0.4) is 0 Å². The highest BCUT2D eigenvalue weighted by atomic mass is 19.1. The number of ether oxygens (including phenoxy) is 1. The molecular weight excluding hydrogens is 263 g/mol. The first-order chi connectivity index (χ1) is 9.72. The van der Waals surface area contributed by atoms with Crippen molar-refractivity contribution in [1.82, 2.24) is 15.0 Å². The molecule has 0 unspecified atom stereocenters. The van der Waals surface area contributed by atoms with Crippen molar-refractivity contribution >= 4 is 11.9 Å². The fourth-order valence-corrected chi connectivity index (χ4v) is 1.60. The van der Waals surface area contributed by atoms with Crippen molar-refractivity contribution < 1.29 is 9.13 Å². The number of halogens is 1. The third-order valence-corrected chi connectivity index (χ3v) is 2.56. The minimum atomic E-state index is -0.230. The van der Waals surface area contributed by atoms with E-state index in [1.165, 1.54) is 13.2 Å². The minimum absolute atomic E-state index is 0.140. The number of aromatic nitrogens is 3. The zero-order valence-electron chi connectivity index (χ0n) is 10.9. The van der Waals surface area contributed by atoms with Crippen molar-refractivity contribution in [3.05, 3.63) is 35.6 Å². The second kappa shape index (κ2) is 6.62. The largest absolute Gasteiger partial charge is 0.467 e. The van der Waals surface area contributed by atoms with Gasteiger partial charge in [0.05, 0.1) is 7.11 Å². The summed E-state index contributed by atoms with van der Waals surface area (Å²) in [6.07, 6.45) is 0.506. The number of hydrazine groups is 1. The van der Waals surface area contributed by atoms with Gasteiger partial charge in [0.15, 0.2) is 0 Å². The van der Waals surface area contributed by atoms with E-state index in [0.29, 0.717) is 24.5 Å². The maximum Gasteiger partial charge on any atom is 0.322 e. The molecule has 2 rings (SSSR count). The number of rotatable bonds is 6. The van der Waals surface area contributed by atoms with Gasteiger partial charge in [-0.3, -0.25) is 5.43 Å². The van der Waals surface area contributed by atoms with E-state index in [9.17, 15) is 4.39 Å². The molecule has 0 saturated carbocycles. The van der Waals surface area contributed by atoms with Crippen molar-refractivity contribution in [3.8, 4) is 6.01 Å². The van der Waals surface area contributed by atoms with Crippen molar-refractivity contribution in [3.63, 3.8) is 0 Å². The van der Waals surface area contributed by atoms with Gasteiger partial charge in [0.1, 0.15) is 5.82 Å². The number of anilines is 2. The van der Waals surface area contributed by atoms with E-state index in [1.807, 2.05) is 0 Å². The van der Waals surface area contributed by atoms with Gasteiger partial charge < -0.3 is 10.1 Å². The number of methoxy groups -OCH3 is 1. The fourth-order valence-electron chi connectivity index (χ4n) is 1.60. The lowest BCUT2D eigenvalue weighted by molar-refractivity contribution is 0.379. The van der Waals surface area contributed by atoms with Crippen molar-refractivity contribution in [2.24, 2.45) is 5.84 Å². The lowest BCUT2D eigenvalue weighted by Gasteiger charge is -2.08. The van der Waals surface area contributed by atoms with Crippen molar-refractivity contribution in [2.45, 2.75) is 6.42 Å². The third-order valence-electron chi connectivity index (χ3n) is 2.56. The monoisotopic (exact) mass is 278 g/mol. The van der Waals surface area contributed by atoms with Crippen LogP contribution in [0.4, 0.5) is 16.3 Å². The van der Waals surface area contributed by atoms with Crippen LogP contribution in [0.2, 0.25) is 0 Å². The highest BCUT2D eigenvalue weighted by Crippen LogP contribution is 2.11. The Balaban J connectivity index is 1.99. The summed E-state index contributed by atoms with van der Waals surface area (Å²) >= 11 is 0. The smallest absolute Gasteiger partial charge is 0.322 e. The van der Waals surface area contributed by atoms with Gasteiger partial charge in [-0.1, -0.05) is 18.2 Å². The lowest BCUT2D eigenvalue weighted by atomic mass is 10.1. The third kappa shape index (κ3) is 3.51. The number of hydrogen-bond acceptors (Lipinski definition) is 7. The summed E-state index contributed by atoms with van der Waals surface area (Å²) in [5.74, 6) is 5.51. The maximum absolute atomic E-state index is 13.4. The maximum atomic E-state index is 13.4. The average Bonchev–Trinajstić information content (AvgIpc) is 2.48. The topological polar surface area (TPSA) is 98.0 Å². The normalized spacial score (nSPS) is 10.2. The molecule has 0 aliphatic rings. The van der Waals surface area contributed by atoms with Crippen molar-refractivity contribution in [1.29, 1.82) is 0 Å². The molecule has 106 valence electrons. The molecule has 2 aromatic rings. The Hall–Kier alpha value is -2.48. The van der Waals surface area contributed by atoms with E-state index < -0.39 is 0 Å². The van der Waals surface area contributed by atoms with Gasteiger partial charge in [0.25, 0.3) is 0 Å². The number of benzene rings is 1. The zero-order chi connectivity index (χ0) is 14.4.